The molecular weight excluding hydrogens is 458 g/mol. The maximum Gasteiger partial charge on any atom is 0.293 e. The van der Waals surface area contributed by atoms with E-state index in [0.29, 0.717) is 43.6 Å². The number of hydrogen-bond acceptors (Lipinski definition) is 6. The van der Waals surface area contributed by atoms with Gasteiger partial charge in [-0.25, -0.2) is 0 Å². The monoisotopic (exact) mass is 487 g/mol. The normalized spacial score (nSPS) is 17.0. The predicted octanol–water partition coefficient (Wildman–Crippen LogP) is 3.79. The number of benzene rings is 3. The Morgan fingerprint density at radius 3 is 2.39 bits per heavy atom. The summed E-state index contributed by atoms with van der Waals surface area (Å²) in [6.45, 7) is 4.27. The summed E-state index contributed by atoms with van der Waals surface area (Å²) in [6.07, 6.45) is 2.10. The summed E-state index contributed by atoms with van der Waals surface area (Å²) < 4.78 is 0. The van der Waals surface area contributed by atoms with Crippen molar-refractivity contribution in [3.05, 3.63) is 76.3 Å². The first-order chi connectivity index (χ1) is 17.4. The number of carbonyl (C=O) groups excluding carboxylic acids is 2. The van der Waals surface area contributed by atoms with Crippen LogP contribution in [0.5, 0.6) is 0 Å². The molecule has 0 bridgehead atoms. The number of piperazine rings is 1. The quantitative estimate of drug-likeness (QED) is 0.388. The van der Waals surface area contributed by atoms with Crippen LogP contribution in [0.15, 0.2) is 60.7 Å². The Labute approximate surface area is 209 Å². The lowest BCUT2D eigenvalue weighted by Crippen LogP contribution is -2.54. The Kier molecular flexibility index (Phi) is 6.56. The number of anilines is 2. The van der Waals surface area contributed by atoms with E-state index in [1.807, 2.05) is 54.3 Å². The Morgan fingerprint density at radius 1 is 0.972 bits per heavy atom. The lowest BCUT2D eigenvalue weighted by atomic mass is 10.1. The van der Waals surface area contributed by atoms with Crippen LogP contribution < -0.4 is 15.5 Å². The zero-order valence-electron chi connectivity index (χ0n) is 20.1. The van der Waals surface area contributed by atoms with Gasteiger partial charge in [-0.05, 0) is 54.8 Å². The summed E-state index contributed by atoms with van der Waals surface area (Å²) in [6, 6.07) is 18.1. The fraction of sp³-hybridized carbons (Fsp3) is 0.333. The third kappa shape index (κ3) is 5.16. The lowest BCUT2D eigenvalue weighted by Gasteiger charge is -2.38. The number of nitrogens with one attached hydrogen (secondary N) is 2. The summed E-state index contributed by atoms with van der Waals surface area (Å²) >= 11 is 0. The Bertz CT molecular complexity index is 1310. The first kappa shape index (κ1) is 23.7. The fourth-order valence-electron chi connectivity index (χ4n) is 4.61. The zero-order valence-corrected chi connectivity index (χ0v) is 20.1. The molecule has 2 aliphatic rings. The first-order valence-corrected chi connectivity index (χ1v) is 12.3. The molecule has 2 N–H and O–H groups in total. The Hall–Kier alpha value is -3.98. The average Bonchev–Trinajstić information content (AvgIpc) is 3.72. The second-order valence-corrected chi connectivity index (χ2v) is 9.46. The average molecular weight is 488 g/mol. The highest BCUT2D eigenvalue weighted by Gasteiger charge is 2.31. The zero-order chi connectivity index (χ0) is 25.2. The van der Waals surface area contributed by atoms with Gasteiger partial charge in [0.05, 0.1) is 11.0 Å². The number of fused-ring (bicyclic) bond motifs is 1. The summed E-state index contributed by atoms with van der Waals surface area (Å²) in [4.78, 5) is 40.8. The van der Waals surface area contributed by atoms with Crippen molar-refractivity contribution in [3.63, 3.8) is 0 Å². The highest BCUT2D eigenvalue weighted by Crippen LogP contribution is 2.31. The van der Waals surface area contributed by atoms with E-state index < -0.39 is 10.8 Å². The SMILES string of the molecule is CC(C(=O)NC1CC1)N1CCN(c2ccc(C(=O)Nc3ccc4ccccc4c3)cc2[N+](=O)[O-])CC1. The van der Waals surface area contributed by atoms with Crippen molar-refractivity contribution < 1.29 is 14.5 Å². The maximum atomic E-state index is 12.9. The number of rotatable bonds is 7. The van der Waals surface area contributed by atoms with Crippen molar-refractivity contribution in [1.29, 1.82) is 0 Å². The van der Waals surface area contributed by atoms with E-state index in [-0.39, 0.29) is 23.2 Å². The molecule has 2 fully saturated rings. The summed E-state index contributed by atoms with van der Waals surface area (Å²) in [7, 11) is 0. The van der Waals surface area contributed by atoms with Crippen LogP contribution in [-0.4, -0.2) is 59.9 Å². The van der Waals surface area contributed by atoms with E-state index in [2.05, 4.69) is 15.5 Å². The van der Waals surface area contributed by atoms with Crippen LogP contribution >= 0.6 is 0 Å². The first-order valence-electron chi connectivity index (χ1n) is 12.3. The van der Waals surface area contributed by atoms with Crippen LogP contribution in [-0.2, 0) is 4.79 Å². The second kappa shape index (κ2) is 9.94. The number of hydrogen-bond donors (Lipinski definition) is 2. The molecule has 1 heterocycles. The molecule has 36 heavy (non-hydrogen) atoms. The molecule has 0 radical (unpaired) electrons. The number of carbonyl (C=O) groups is 2. The molecule has 2 amide bonds. The molecule has 186 valence electrons. The molecule has 1 aliphatic carbocycles. The molecule has 1 unspecified atom stereocenters. The summed E-state index contributed by atoms with van der Waals surface area (Å²) in [5, 5.41) is 19.8. The molecule has 1 saturated carbocycles. The number of nitro groups is 1. The summed E-state index contributed by atoms with van der Waals surface area (Å²) in [5.74, 6) is -0.362. The second-order valence-electron chi connectivity index (χ2n) is 9.46. The Balaban J connectivity index is 1.26. The van der Waals surface area contributed by atoms with Crippen molar-refractivity contribution in [2.24, 2.45) is 0 Å². The van der Waals surface area contributed by atoms with Crippen molar-refractivity contribution >= 4 is 39.6 Å². The third-order valence-electron chi connectivity index (χ3n) is 6.95. The molecule has 0 aromatic heterocycles. The van der Waals surface area contributed by atoms with Gasteiger partial charge in [-0.3, -0.25) is 24.6 Å². The topological polar surface area (TPSA) is 108 Å². The highest BCUT2D eigenvalue weighted by molar-refractivity contribution is 6.06. The van der Waals surface area contributed by atoms with Crippen LogP contribution in [0, 0.1) is 10.1 Å². The van der Waals surface area contributed by atoms with E-state index in [1.165, 1.54) is 6.07 Å². The van der Waals surface area contributed by atoms with E-state index in [4.69, 9.17) is 0 Å². The van der Waals surface area contributed by atoms with E-state index in [0.717, 1.165) is 23.6 Å². The largest absolute Gasteiger partial charge is 0.363 e. The van der Waals surface area contributed by atoms with Crippen molar-refractivity contribution in [2.45, 2.75) is 31.8 Å². The molecule has 3 aromatic rings. The molecular formula is C27H29N5O4. The third-order valence-corrected chi connectivity index (χ3v) is 6.95. The Morgan fingerprint density at radius 2 is 1.69 bits per heavy atom. The van der Waals surface area contributed by atoms with Gasteiger partial charge in [-0.15, -0.1) is 0 Å². The van der Waals surface area contributed by atoms with Gasteiger partial charge < -0.3 is 15.5 Å². The van der Waals surface area contributed by atoms with Gasteiger partial charge in [0.1, 0.15) is 5.69 Å². The van der Waals surface area contributed by atoms with Crippen LogP contribution in [0.25, 0.3) is 10.8 Å². The van der Waals surface area contributed by atoms with Gasteiger partial charge in [0.25, 0.3) is 11.6 Å². The summed E-state index contributed by atoms with van der Waals surface area (Å²) in [5.41, 5.74) is 1.23. The predicted molar refractivity (Wildman–Crippen MR) is 139 cm³/mol. The highest BCUT2D eigenvalue weighted by atomic mass is 16.6. The smallest absolute Gasteiger partial charge is 0.293 e. The van der Waals surface area contributed by atoms with E-state index in [1.54, 1.807) is 12.1 Å². The minimum atomic E-state index is -0.444. The number of nitrogens with zero attached hydrogens (tertiary/aromatic N) is 3. The van der Waals surface area contributed by atoms with Gasteiger partial charge in [0, 0.05) is 49.5 Å². The lowest BCUT2D eigenvalue weighted by molar-refractivity contribution is -0.384. The van der Waals surface area contributed by atoms with Crippen molar-refractivity contribution in [1.82, 2.24) is 10.2 Å². The number of amides is 2. The number of nitro benzene ring substituents is 1. The molecule has 0 spiro atoms. The molecule has 9 heteroatoms. The maximum absolute atomic E-state index is 12.9. The van der Waals surface area contributed by atoms with Gasteiger partial charge in [0.2, 0.25) is 5.91 Å². The van der Waals surface area contributed by atoms with Crippen LogP contribution in [0.1, 0.15) is 30.1 Å². The van der Waals surface area contributed by atoms with Crippen LogP contribution in [0.4, 0.5) is 17.1 Å². The van der Waals surface area contributed by atoms with Crippen LogP contribution in [0.2, 0.25) is 0 Å². The van der Waals surface area contributed by atoms with Crippen LogP contribution in [0.3, 0.4) is 0 Å². The molecule has 9 nitrogen and oxygen atoms in total. The molecule has 5 rings (SSSR count). The van der Waals surface area contributed by atoms with Crippen molar-refractivity contribution in [2.75, 3.05) is 36.4 Å². The van der Waals surface area contributed by atoms with E-state index >= 15 is 0 Å². The minimum Gasteiger partial charge on any atom is -0.363 e. The minimum absolute atomic E-state index is 0.0405. The van der Waals surface area contributed by atoms with E-state index in [9.17, 15) is 19.7 Å². The molecule has 3 aromatic carbocycles. The molecule has 1 aliphatic heterocycles. The molecule has 1 saturated heterocycles. The van der Waals surface area contributed by atoms with Crippen molar-refractivity contribution in [3.8, 4) is 0 Å². The fourth-order valence-corrected chi connectivity index (χ4v) is 4.61. The standard InChI is InChI=1S/C27H29N5O4/c1-18(26(33)28-22-9-10-22)30-12-14-31(15-13-30)24-11-7-21(17-25(24)32(35)36)27(34)29-23-8-6-19-4-2-3-5-20(19)16-23/h2-8,11,16-18,22H,9-10,12-15H2,1H3,(H,28,33)(H,29,34). The van der Waals surface area contributed by atoms with Gasteiger partial charge in [-0.1, -0.05) is 30.3 Å². The molecule has 1 atom stereocenters. The van der Waals surface area contributed by atoms with Gasteiger partial charge >= 0.3 is 0 Å². The van der Waals surface area contributed by atoms with Gasteiger partial charge in [-0.2, -0.15) is 0 Å². The van der Waals surface area contributed by atoms with Gasteiger partial charge in [0.15, 0.2) is 0 Å².